The zero-order valence-corrected chi connectivity index (χ0v) is 13.7. The lowest BCUT2D eigenvalue weighted by Gasteiger charge is -2.14. The number of ether oxygens (including phenoxy) is 1. The Morgan fingerprint density at radius 1 is 1.28 bits per heavy atom. The molecule has 0 fully saturated rings. The van der Waals surface area contributed by atoms with E-state index in [1.54, 1.807) is 6.92 Å². The summed E-state index contributed by atoms with van der Waals surface area (Å²) in [6.07, 6.45) is -0.901. The second-order valence-corrected chi connectivity index (χ2v) is 5.17. The number of nitrogens with zero attached hydrogens (tertiary/aromatic N) is 1. The Morgan fingerprint density at radius 2 is 1.96 bits per heavy atom. The van der Waals surface area contributed by atoms with Gasteiger partial charge in [-0.15, -0.1) is 0 Å². The molecule has 0 saturated heterocycles. The molecule has 0 radical (unpaired) electrons. The molecule has 134 valence electrons. The molecule has 0 saturated carbocycles. The number of benzene rings is 1. The summed E-state index contributed by atoms with van der Waals surface area (Å²) in [6, 6.07) is 1.53. The molecule has 1 heterocycles. The highest BCUT2D eigenvalue weighted by molar-refractivity contribution is 5.98. The average Bonchev–Trinajstić information content (AvgIpc) is 2.96. The van der Waals surface area contributed by atoms with Crippen LogP contribution in [0.4, 0.5) is 18.9 Å². The van der Waals surface area contributed by atoms with Gasteiger partial charge in [0.05, 0.1) is 11.4 Å². The minimum absolute atomic E-state index is 0.112. The van der Waals surface area contributed by atoms with E-state index in [1.807, 2.05) is 5.32 Å². The van der Waals surface area contributed by atoms with Crippen molar-refractivity contribution in [2.75, 3.05) is 5.32 Å². The summed E-state index contributed by atoms with van der Waals surface area (Å²) in [5.41, 5.74) is -0.0786. The van der Waals surface area contributed by atoms with Crippen LogP contribution >= 0.6 is 0 Å². The molecular weight excluding hydrogens is 341 g/mol. The molecule has 2 rings (SSSR count). The molecule has 0 aliphatic heterocycles. The maximum atomic E-state index is 13.6. The van der Waals surface area contributed by atoms with Crippen LogP contribution in [0, 0.1) is 24.4 Å². The normalized spacial score (nSPS) is 11.9. The first-order chi connectivity index (χ1) is 11.8. The third-order valence-electron chi connectivity index (χ3n) is 3.42. The van der Waals surface area contributed by atoms with Gasteiger partial charge in [0, 0.05) is 0 Å². The van der Waals surface area contributed by atoms with Crippen LogP contribution in [0.1, 0.15) is 35.7 Å². The fourth-order valence-corrected chi connectivity index (χ4v) is 2.05. The van der Waals surface area contributed by atoms with Gasteiger partial charge in [0.25, 0.3) is 5.91 Å². The van der Waals surface area contributed by atoms with E-state index in [1.165, 1.54) is 13.8 Å². The first-order valence-corrected chi connectivity index (χ1v) is 7.36. The number of carbonyl (C=O) groups excluding carboxylic acids is 2. The van der Waals surface area contributed by atoms with E-state index in [9.17, 15) is 22.8 Å². The maximum Gasteiger partial charge on any atom is 0.344 e. The van der Waals surface area contributed by atoms with Crippen molar-refractivity contribution >= 4 is 17.6 Å². The summed E-state index contributed by atoms with van der Waals surface area (Å²) in [5.74, 6) is -6.15. The van der Waals surface area contributed by atoms with Gasteiger partial charge in [-0.1, -0.05) is 12.1 Å². The first kappa shape index (κ1) is 18.5. The molecule has 0 aliphatic carbocycles. The molecule has 0 unspecified atom stereocenters. The predicted molar refractivity (Wildman–Crippen MR) is 80.4 cm³/mol. The van der Waals surface area contributed by atoms with Gasteiger partial charge in [0.2, 0.25) is 0 Å². The molecule has 0 aliphatic rings. The highest BCUT2D eigenvalue weighted by atomic mass is 19.2. The van der Waals surface area contributed by atoms with Crippen molar-refractivity contribution in [2.45, 2.75) is 33.3 Å². The molecule has 1 aromatic carbocycles. The minimum Gasteiger partial charge on any atom is -0.449 e. The standard InChI is InChI=1S/C16H15F3N2O4/c1-4-10-12(7(2)25-21-10)16(23)24-8(3)15(22)20-11-6-5-9(17)13(18)14(11)19/h5-6,8H,4H2,1-3H3,(H,20,22)/t8-/m1/s1. The fraction of sp³-hybridized carbons (Fsp3) is 0.312. The van der Waals surface area contributed by atoms with Gasteiger partial charge >= 0.3 is 5.97 Å². The van der Waals surface area contributed by atoms with Crippen molar-refractivity contribution in [3.8, 4) is 0 Å². The SMILES string of the molecule is CCc1noc(C)c1C(=O)O[C@H](C)C(=O)Nc1ccc(F)c(F)c1F. The zero-order valence-electron chi connectivity index (χ0n) is 13.7. The predicted octanol–water partition coefficient (Wildman–Crippen LogP) is 3.15. The molecule has 1 amide bonds. The van der Waals surface area contributed by atoms with Gasteiger partial charge in [-0.05, 0) is 32.4 Å². The van der Waals surface area contributed by atoms with Gasteiger partial charge in [-0.25, -0.2) is 18.0 Å². The summed E-state index contributed by atoms with van der Waals surface area (Å²) in [7, 11) is 0. The van der Waals surface area contributed by atoms with Crippen molar-refractivity contribution < 1.29 is 32.0 Å². The van der Waals surface area contributed by atoms with Gasteiger partial charge in [0.1, 0.15) is 11.3 Å². The highest BCUT2D eigenvalue weighted by Crippen LogP contribution is 2.20. The van der Waals surface area contributed by atoms with E-state index in [2.05, 4.69) is 5.16 Å². The molecule has 6 nitrogen and oxygen atoms in total. The smallest absolute Gasteiger partial charge is 0.344 e. The highest BCUT2D eigenvalue weighted by Gasteiger charge is 2.26. The van der Waals surface area contributed by atoms with E-state index < -0.39 is 41.1 Å². The second kappa shape index (κ2) is 7.37. The Morgan fingerprint density at radius 3 is 2.60 bits per heavy atom. The largest absolute Gasteiger partial charge is 0.449 e. The van der Waals surface area contributed by atoms with Crippen molar-refractivity contribution in [1.29, 1.82) is 0 Å². The molecule has 1 N–H and O–H groups in total. The van der Waals surface area contributed by atoms with Crippen LogP contribution in [-0.2, 0) is 16.0 Å². The van der Waals surface area contributed by atoms with Crippen LogP contribution in [-0.4, -0.2) is 23.1 Å². The first-order valence-electron chi connectivity index (χ1n) is 7.36. The molecule has 1 aromatic heterocycles. The van der Waals surface area contributed by atoms with Crippen molar-refractivity contribution in [3.05, 3.63) is 46.6 Å². The van der Waals surface area contributed by atoms with E-state index in [0.717, 1.165) is 6.07 Å². The Bertz CT molecular complexity index is 820. The number of amides is 1. The van der Waals surface area contributed by atoms with Crippen LogP contribution in [0.3, 0.4) is 0 Å². The Balaban J connectivity index is 2.09. The lowest BCUT2D eigenvalue weighted by Crippen LogP contribution is -2.30. The maximum absolute atomic E-state index is 13.6. The van der Waals surface area contributed by atoms with E-state index >= 15 is 0 Å². The number of hydrogen-bond donors (Lipinski definition) is 1. The van der Waals surface area contributed by atoms with Gasteiger partial charge in [-0.3, -0.25) is 4.79 Å². The molecule has 2 aromatic rings. The third kappa shape index (κ3) is 3.81. The van der Waals surface area contributed by atoms with Crippen molar-refractivity contribution in [1.82, 2.24) is 5.16 Å². The molecule has 9 heteroatoms. The number of rotatable bonds is 5. The van der Waals surface area contributed by atoms with Crippen LogP contribution in [0.25, 0.3) is 0 Å². The molecule has 1 atom stereocenters. The zero-order chi connectivity index (χ0) is 18.7. The van der Waals surface area contributed by atoms with Crippen LogP contribution in [0.15, 0.2) is 16.7 Å². The minimum atomic E-state index is -1.71. The van der Waals surface area contributed by atoms with Gasteiger partial charge in [0.15, 0.2) is 23.6 Å². The summed E-state index contributed by atoms with van der Waals surface area (Å²) in [6.45, 7) is 4.53. The lowest BCUT2D eigenvalue weighted by molar-refractivity contribution is -0.123. The van der Waals surface area contributed by atoms with Crippen molar-refractivity contribution in [2.24, 2.45) is 0 Å². The second-order valence-electron chi connectivity index (χ2n) is 5.17. The molecule has 25 heavy (non-hydrogen) atoms. The molecule has 0 spiro atoms. The van der Waals surface area contributed by atoms with E-state index in [4.69, 9.17) is 9.26 Å². The third-order valence-corrected chi connectivity index (χ3v) is 3.42. The number of hydrogen-bond acceptors (Lipinski definition) is 5. The number of carbonyl (C=O) groups is 2. The number of esters is 1. The van der Waals surface area contributed by atoms with Gasteiger partial charge < -0.3 is 14.6 Å². The van der Waals surface area contributed by atoms with Crippen LogP contribution in [0.5, 0.6) is 0 Å². The van der Waals surface area contributed by atoms with Crippen LogP contribution < -0.4 is 5.32 Å². The Hall–Kier alpha value is -2.84. The Kier molecular flexibility index (Phi) is 5.45. The summed E-state index contributed by atoms with van der Waals surface area (Å²) in [5, 5.41) is 5.74. The number of aryl methyl sites for hydroxylation is 2. The molecular formula is C16H15F3N2O4. The lowest BCUT2D eigenvalue weighted by atomic mass is 10.1. The molecule has 0 bridgehead atoms. The van der Waals surface area contributed by atoms with E-state index in [0.29, 0.717) is 18.2 Å². The number of anilines is 1. The number of aromatic nitrogens is 1. The topological polar surface area (TPSA) is 81.4 Å². The van der Waals surface area contributed by atoms with Gasteiger partial charge in [-0.2, -0.15) is 0 Å². The average molecular weight is 356 g/mol. The monoisotopic (exact) mass is 356 g/mol. The quantitative estimate of drug-likeness (QED) is 0.657. The van der Waals surface area contributed by atoms with Crippen molar-refractivity contribution in [3.63, 3.8) is 0 Å². The number of nitrogens with one attached hydrogen (secondary N) is 1. The number of halogens is 3. The summed E-state index contributed by atoms with van der Waals surface area (Å²) < 4.78 is 49.5. The summed E-state index contributed by atoms with van der Waals surface area (Å²) >= 11 is 0. The fourth-order valence-electron chi connectivity index (χ4n) is 2.05. The van der Waals surface area contributed by atoms with E-state index in [-0.39, 0.29) is 11.3 Å². The summed E-state index contributed by atoms with van der Waals surface area (Å²) in [4.78, 5) is 24.1. The Labute approximate surface area is 140 Å². The van der Waals surface area contributed by atoms with Crippen LogP contribution in [0.2, 0.25) is 0 Å².